The topological polar surface area (TPSA) is 57.6 Å². The van der Waals surface area contributed by atoms with E-state index in [1.54, 1.807) is 29.2 Å². The van der Waals surface area contributed by atoms with E-state index < -0.39 is 5.97 Å². The molecule has 1 amide bonds. The molecule has 2 heterocycles. The van der Waals surface area contributed by atoms with Crippen LogP contribution in [0.25, 0.3) is 16.5 Å². The first-order valence-electron chi connectivity index (χ1n) is 9.28. The molecular formula is C21H18FNO3S3. The molecule has 1 saturated carbocycles. The van der Waals surface area contributed by atoms with Gasteiger partial charge in [0, 0.05) is 21.4 Å². The summed E-state index contributed by atoms with van der Waals surface area (Å²) in [5.41, 5.74) is 0.542. The van der Waals surface area contributed by atoms with Crippen LogP contribution in [-0.2, 0) is 9.59 Å². The van der Waals surface area contributed by atoms with Gasteiger partial charge in [0.2, 0.25) is 0 Å². The van der Waals surface area contributed by atoms with Crippen molar-refractivity contribution in [2.45, 2.75) is 31.7 Å². The average molecular weight is 448 g/mol. The number of hydrogen-bond donors (Lipinski definition) is 1. The highest BCUT2D eigenvalue weighted by Crippen LogP contribution is 2.39. The van der Waals surface area contributed by atoms with Crippen LogP contribution in [0.15, 0.2) is 41.3 Å². The summed E-state index contributed by atoms with van der Waals surface area (Å²) >= 11 is 8.13. The summed E-state index contributed by atoms with van der Waals surface area (Å²) in [4.78, 5) is 28.0. The van der Waals surface area contributed by atoms with Crippen LogP contribution >= 0.6 is 35.3 Å². The lowest BCUT2D eigenvalue weighted by atomic mass is 9.85. The summed E-state index contributed by atoms with van der Waals surface area (Å²) in [6, 6.07) is 10.3. The summed E-state index contributed by atoms with van der Waals surface area (Å²) in [6.07, 6.45) is 4.22. The van der Waals surface area contributed by atoms with Crippen LogP contribution in [0.4, 0.5) is 4.39 Å². The first-order valence-corrected chi connectivity index (χ1v) is 11.3. The SMILES string of the molecule is O=C(O)C1CCC(N2C(=O)/C(=C\c3ccc(-c4ccccc4F)s3)SC2=S)CC1. The van der Waals surface area contributed by atoms with Crippen molar-refractivity contribution in [1.29, 1.82) is 0 Å². The second-order valence-electron chi connectivity index (χ2n) is 7.08. The third-order valence-corrected chi connectivity index (χ3v) is 7.67. The lowest BCUT2D eigenvalue weighted by Crippen LogP contribution is -2.41. The lowest BCUT2D eigenvalue weighted by Gasteiger charge is -2.32. The number of carbonyl (C=O) groups is 2. The van der Waals surface area contributed by atoms with Gasteiger partial charge in [-0.2, -0.15) is 0 Å². The number of nitrogens with zero attached hydrogens (tertiary/aromatic N) is 1. The van der Waals surface area contributed by atoms with Crippen LogP contribution in [0.1, 0.15) is 30.6 Å². The van der Waals surface area contributed by atoms with E-state index in [1.165, 1.54) is 29.2 Å². The molecule has 1 N–H and O–H groups in total. The Balaban J connectivity index is 1.50. The molecule has 29 heavy (non-hydrogen) atoms. The molecule has 2 aliphatic rings. The van der Waals surface area contributed by atoms with Crippen molar-refractivity contribution >= 4 is 57.6 Å². The number of carboxylic acid groups (broad SMARTS) is 1. The van der Waals surface area contributed by atoms with Crippen molar-refractivity contribution in [3.05, 3.63) is 52.0 Å². The molecule has 1 aromatic carbocycles. The van der Waals surface area contributed by atoms with E-state index in [1.807, 2.05) is 12.1 Å². The Kier molecular flexibility index (Phi) is 5.85. The molecule has 4 rings (SSSR count). The summed E-state index contributed by atoms with van der Waals surface area (Å²) < 4.78 is 14.5. The number of hydrogen-bond acceptors (Lipinski definition) is 5. The Bertz CT molecular complexity index is 1010. The van der Waals surface area contributed by atoms with Gasteiger partial charge in [0.25, 0.3) is 5.91 Å². The maximum atomic E-state index is 14.0. The van der Waals surface area contributed by atoms with E-state index in [0.29, 0.717) is 40.5 Å². The van der Waals surface area contributed by atoms with Crippen molar-refractivity contribution in [2.24, 2.45) is 5.92 Å². The molecule has 0 bridgehead atoms. The fraction of sp³-hybridized carbons (Fsp3) is 0.286. The monoisotopic (exact) mass is 447 g/mol. The normalized spacial score (nSPS) is 23.8. The zero-order valence-corrected chi connectivity index (χ0v) is 17.8. The smallest absolute Gasteiger partial charge is 0.306 e. The average Bonchev–Trinajstić information content (AvgIpc) is 3.27. The Morgan fingerprint density at radius 2 is 1.90 bits per heavy atom. The van der Waals surface area contributed by atoms with Gasteiger partial charge < -0.3 is 5.11 Å². The molecule has 1 saturated heterocycles. The molecule has 0 atom stereocenters. The largest absolute Gasteiger partial charge is 0.481 e. The second kappa shape index (κ2) is 8.38. The maximum absolute atomic E-state index is 14.0. The summed E-state index contributed by atoms with van der Waals surface area (Å²) in [7, 11) is 0. The van der Waals surface area contributed by atoms with Crippen molar-refractivity contribution in [2.75, 3.05) is 0 Å². The second-order valence-corrected chi connectivity index (χ2v) is 9.87. The minimum absolute atomic E-state index is 0.0405. The molecule has 0 spiro atoms. The van der Waals surface area contributed by atoms with E-state index in [2.05, 4.69) is 0 Å². The number of thioether (sulfide) groups is 1. The first kappa shape index (κ1) is 20.3. The number of rotatable bonds is 4. The molecule has 1 aromatic heterocycles. The van der Waals surface area contributed by atoms with Crippen molar-refractivity contribution in [3.8, 4) is 10.4 Å². The molecule has 8 heteroatoms. The Morgan fingerprint density at radius 3 is 2.59 bits per heavy atom. The summed E-state index contributed by atoms with van der Waals surface area (Å²) in [6.45, 7) is 0. The summed E-state index contributed by atoms with van der Waals surface area (Å²) in [5.74, 6) is -1.50. The zero-order valence-electron chi connectivity index (χ0n) is 15.3. The van der Waals surface area contributed by atoms with E-state index in [0.717, 1.165) is 9.75 Å². The van der Waals surface area contributed by atoms with Crippen LogP contribution in [0.5, 0.6) is 0 Å². The minimum atomic E-state index is -0.767. The van der Waals surface area contributed by atoms with Gasteiger partial charge in [0.15, 0.2) is 0 Å². The van der Waals surface area contributed by atoms with Gasteiger partial charge in [-0.1, -0.05) is 42.2 Å². The third-order valence-electron chi connectivity index (χ3n) is 5.27. The predicted octanol–water partition coefficient (Wildman–Crippen LogP) is 5.40. The number of carbonyl (C=O) groups excluding carboxylic acids is 1. The predicted molar refractivity (Wildman–Crippen MR) is 118 cm³/mol. The van der Waals surface area contributed by atoms with Crippen LogP contribution in [0.3, 0.4) is 0 Å². The highest BCUT2D eigenvalue weighted by atomic mass is 32.2. The number of carboxylic acids is 1. The molecule has 150 valence electrons. The number of aliphatic carboxylic acids is 1. The van der Waals surface area contributed by atoms with Crippen LogP contribution < -0.4 is 0 Å². The molecule has 0 radical (unpaired) electrons. The fourth-order valence-corrected chi connectivity index (χ4v) is 6.19. The quantitative estimate of drug-likeness (QED) is 0.502. The molecule has 1 aliphatic heterocycles. The lowest BCUT2D eigenvalue weighted by molar-refractivity contribution is -0.143. The van der Waals surface area contributed by atoms with Crippen LogP contribution in [-0.4, -0.2) is 32.2 Å². The minimum Gasteiger partial charge on any atom is -0.481 e. The van der Waals surface area contributed by atoms with Crippen LogP contribution in [0, 0.1) is 11.7 Å². The number of halogens is 1. The zero-order chi connectivity index (χ0) is 20.5. The highest BCUT2D eigenvalue weighted by molar-refractivity contribution is 8.26. The van der Waals surface area contributed by atoms with E-state index >= 15 is 0 Å². The van der Waals surface area contributed by atoms with E-state index in [9.17, 15) is 14.0 Å². The van der Waals surface area contributed by atoms with Crippen molar-refractivity contribution in [1.82, 2.24) is 4.90 Å². The number of benzene rings is 1. The van der Waals surface area contributed by atoms with Gasteiger partial charge in [-0.05, 0) is 50.0 Å². The highest BCUT2D eigenvalue weighted by Gasteiger charge is 2.39. The van der Waals surface area contributed by atoms with Gasteiger partial charge in [-0.3, -0.25) is 14.5 Å². The fourth-order valence-electron chi connectivity index (χ4n) is 3.74. The van der Waals surface area contributed by atoms with Crippen molar-refractivity contribution < 1.29 is 19.1 Å². The molecule has 2 aromatic rings. The van der Waals surface area contributed by atoms with Gasteiger partial charge in [0.05, 0.1) is 10.8 Å². The van der Waals surface area contributed by atoms with Crippen molar-refractivity contribution in [3.63, 3.8) is 0 Å². The standard InChI is InChI=1S/C21H18FNO3S3/c22-16-4-2-1-3-15(16)17-10-9-14(28-17)11-18-19(24)23(21(27)29-18)13-7-5-12(6-8-13)20(25)26/h1-4,9-13H,5-8H2,(H,25,26)/b18-11+. The van der Waals surface area contributed by atoms with Gasteiger partial charge >= 0.3 is 5.97 Å². The Hall–Kier alpha value is -2.03. The van der Waals surface area contributed by atoms with Crippen LogP contribution in [0.2, 0.25) is 0 Å². The van der Waals surface area contributed by atoms with Gasteiger partial charge in [0.1, 0.15) is 10.1 Å². The molecular weight excluding hydrogens is 429 g/mol. The third kappa shape index (κ3) is 4.15. The number of thiophene rings is 1. The Morgan fingerprint density at radius 1 is 1.17 bits per heavy atom. The molecule has 1 aliphatic carbocycles. The first-order chi connectivity index (χ1) is 13.9. The van der Waals surface area contributed by atoms with E-state index in [-0.39, 0.29) is 23.7 Å². The molecule has 4 nitrogen and oxygen atoms in total. The molecule has 2 fully saturated rings. The van der Waals surface area contributed by atoms with Gasteiger partial charge in [-0.25, -0.2) is 4.39 Å². The summed E-state index contributed by atoms with van der Waals surface area (Å²) in [5, 5.41) is 9.16. The van der Waals surface area contributed by atoms with E-state index in [4.69, 9.17) is 17.3 Å². The van der Waals surface area contributed by atoms with Gasteiger partial charge in [-0.15, -0.1) is 11.3 Å². The molecule has 0 unspecified atom stereocenters. The Labute approximate surface area is 181 Å². The number of thiocarbonyl (C=S) groups is 1. The maximum Gasteiger partial charge on any atom is 0.306 e. The number of amides is 1.